The van der Waals surface area contributed by atoms with E-state index in [-0.39, 0.29) is 12.4 Å². The summed E-state index contributed by atoms with van der Waals surface area (Å²) in [4.78, 5) is 2.77. The summed E-state index contributed by atoms with van der Waals surface area (Å²) in [5, 5.41) is 0. The van der Waals surface area contributed by atoms with Crippen LogP contribution in [0, 0.1) is 0 Å². The molecule has 25 heavy (non-hydrogen) atoms. The SMILES string of the molecule is CCCCCCCCCCCCCCCCN1C(C)CCCC1C.Cl. The van der Waals surface area contributed by atoms with E-state index in [4.69, 9.17) is 0 Å². The Morgan fingerprint density at radius 1 is 0.600 bits per heavy atom. The molecule has 0 amide bonds. The second-order valence-corrected chi connectivity index (χ2v) is 8.46. The molecule has 1 rings (SSSR count). The Bertz CT molecular complexity index is 259. The minimum absolute atomic E-state index is 0. The van der Waals surface area contributed by atoms with Crippen LogP contribution >= 0.6 is 12.4 Å². The lowest BCUT2D eigenvalue weighted by atomic mass is 9.97. The summed E-state index contributed by atoms with van der Waals surface area (Å²) in [6.07, 6.45) is 24.7. The Morgan fingerprint density at radius 3 is 1.36 bits per heavy atom. The van der Waals surface area contributed by atoms with E-state index in [0.29, 0.717) is 0 Å². The van der Waals surface area contributed by atoms with Crippen LogP contribution in [0.3, 0.4) is 0 Å². The number of likely N-dealkylation sites (tertiary alicyclic amines) is 1. The summed E-state index contributed by atoms with van der Waals surface area (Å²) < 4.78 is 0. The van der Waals surface area contributed by atoms with Gasteiger partial charge in [-0.05, 0) is 39.7 Å². The van der Waals surface area contributed by atoms with E-state index < -0.39 is 0 Å². The summed E-state index contributed by atoms with van der Waals surface area (Å²) in [5.74, 6) is 0. The van der Waals surface area contributed by atoms with Gasteiger partial charge in [0.15, 0.2) is 0 Å². The lowest BCUT2D eigenvalue weighted by Crippen LogP contribution is -2.44. The molecule has 0 aromatic heterocycles. The van der Waals surface area contributed by atoms with Crippen LogP contribution in [0.15, 0.2) is 0 Å². The van der Waals surface area contributed by atoms with E-state index in [1.54, 1.807) is 0 Å². The van der Waals surface area contributed by atoms with Crippen LogP contribution in [0.1, 0.15) is 130 Å². The molecule has 0 spiro atoms. The monoisotopic (exact) mass is 373 g/mol. The molecule has 0 aromatic rings. The van der Waals surface area contributed by atoms with E-state index in [9.17, 15) is 0 Å². The fourth-order valence-electron chi connectivity index (χ4n) is 4.40. The zero-order valence-corrected chi connectivity index (χ0v) is 18.6. The molecule has 0 radical (unpaired) electrons. The normalized spacial score (nSPS) is 21.2. The van der Waals surface area contributed by atoms with E-state index in [2.05, 4.69) is 25.7 Å². The molecular weight excluding hydrogens is 326 g/mol. The topological polar surface area (TPSA) is 3.24 Å². The molecule has 2 atom stereocenters. The van der Waals surface area contributed by atoms with Gasteiger partial charge in [0, 0.05) is 12.1 Å². The molecule has 152 valence electrons. The van der Waals surface area contributed by atoms with Crippen LogP contribution in [0.4, 0.5) is 0 Å². The number of piperidine rings is 1. The van der Waals surface area contributed by atoms with Crippen LogP contribution in [0.25, 0.3) is 0 Å². The highest BCUT2D eigenvalue weighted by Gasteiger charge is 2.23. The van der Waals surface area contributed by atoms with Crippen molar-refractivity contribution in [1.82, 2.24) is 4.90 Å². The third-order valence-corrected chi connectivity index (χ3v) is 6.15. The van der Waals surface area contributed by atoms with Gasteiger partial charge >= 0.3 is 0 Å². The van der Waals surface area contributed by atoms with Crippen molar-refractivity contribution >= 4 is 12.4 Å². The number of unbranched alkanes of at least 4 members (excludes halogenated alkanes) is 13. The Morgan fingerprint density at radius 2 is 0.960 bits per heavy atom. The fourth-order valence-corrected chi connectivity index (χ4v) is 4.40. The first-order valence-electron chi connectivity index (χ1n) is 11.5. The summed E-state index contributed by atoms with van der Waals surface area (Å²) >= 11 is 0. The highest BCUT2D eigenvalue weighted by atomic mass is 35.5. The van der Waals surface area contributed by atoms with E-state index >= 15 is 0 Å². The highest BCUT2D eigenvalue weighted by Crippen LogP contribution is 2.23. The molecule has 1 aliphatic heterocycles. The van der Waals surface area contributed by atoms with Gasteiger partial charge in [-0.1, -0.05) is 96.8 Å². The van der Waals surface area contributed by atoms with Crippen LogP contribution in [-0.2, 0) is 0 Å². The van der Waals surface area contributed by atoms with Crippen molar-refractivity contribution in [3.05, 3.63) is 0 Å². The first-order chi connectivity index (χ1) is 11.8. The van der Waals surface area contributed by atoms with Crippen LogP contribution in [0.2, 0.25) is 0 Å². The van der Waals surface area contributed by atoms with Crippen molar-refractivity contribution in [3.63, 3.8) is 0 Å². The molecule has 0 saturated carbocycles. The fraction of sp³-hybridized carbons (Fsp3) is 1.00. The van der Waals surface area contributed by atoms with Crippen molar-refractivity contribution in [2.75, 3.05) is 6.54 Å². The molecule has 1 nitrogen and oxygen atoms in total. The van der Waals surface area contributed by atoms with Crippen molar-refractivity contribution < 1.29 is 0 Å². The Labute approximate surface area is 166 Å². The lowest BCUT2D eigenvalue weighted by Gasteiger charge is -2.39. The first kappa shape index (κ1) is 25.2. The minimum atomic E-state index is 0. The van der Waals surface area contributed by atoms with E-state index in [1.807, 2.05) is 0 Å². The van der Waals surface area contributed by atoms with Gasteiger partial charge in [-0.2, -0.15) is 0 Å². The predicted octanol–water partition coefficient (Wildman–Crippen LogP) is 8.15. The molecule has 1 fully saturated rings. The number of rotatable bonds is 15. The van der Waals surface area contributed by atoms with Gasteiger partial charge in [-0.15, -0.1) is 12.4 Å². The predicted molar refractivity (Wildman–Crippen MR) is 117 cm³/mol. The van der Waals surface area contributed by atoms with Gasteiger partial charge in [0.25, 0.3) is 0 Å². The Kier molecular flexibility index (Phi) is 17.8. The van der Waals surface area contributed by atoms with Gasteiger partial charge in [-0.3, -0.25) is 4.90 Å². The van der Waals surface area contributed by atoms with Crippen molar-refractivity contribution in [2.24, 2.45) is 0 Å². The van der Waals surface area contributed by atoms with Crippen LogP contribution in [0.5, 0.6) is 0 Å². The van der Waals surface area contributed by atoms with Crippen molar-refractivity contribution in [3.8, 4) is 0 Å². The van der Waals surface area contributed by atoms with Crippen molar-refractivity contribution in [2.45, 2.75) is 142 Å². The maximum atomic E-state index is 2.77. The molecular formula is C23H48ClN. The zero-order chi connectivity index (χ0) is 17.5. The number of nitrogens with zero attached hydrogens (tertiary/aromatic N) is 1. The molecule has 0 aliphatic carbocycles. The summed E-state index contributed by atoms with van der Waals surface area (Å²) in [6, 6.07) is 1.66. The summed E-state index contributed by atoms with van der Waals surface area (Å²) in [5.41, 5.74) is 0. The van der Waals surface area contributed by atoms with Gasteiger partial charge in [0.05, 0.1) is 0 Å². The first-order valence-corrected chi connectivity index (χ1v) is 11.5. The molecule has 1 heterocycles. The number of hydrogen-bond acceptors (Lipinski definition) is 1. The molecule has 0 N–H and O–H groups in total. The van der Waals surface area contributed by atoms with Gasteiger partial charge < -0.3 is 0 Å². The van der Waals surface area contributed by atoms with Crippen molar-refractivity contribution in [1.29, 1.82) is 0 Å². The maximum Gasteiger partial charge on any atom is 0.00697 e. The Balaban J connectivity index is 0.00000576. The highest BCUT2D eigenvalue weighted by molar-refractivity contribution is 5.85. The zero-order valence-electron chi connectivity index (χ0n) is 17.7. The second-order valence-electron chi connectivity index (χ2n) is 8.46. The molecule has 0 bridgehead atoms. The number of halogens is 1. The van der Waals surface area contributed by atoms with Gasteiger partial charge in [-0.25, -0.2) is 0 Å². The molecule has 2 heteroatoms. The van der Waals surface area contributed by atoms with Crippen LogP contribution in [-0.4, -0.2) is 23.5 Å². The third-order valence-electron chi connectivity index (χ3n) is 6.15. The largest absolute Gasteiger partial charge is 0.298 e. The van der Waals surface area contributed by atoms with Crippen LogP contribution < -0.4 is 0 Å². The Hall–Kier alpha value is 0.250. The standard InChI is InChI=1S/C23H47N.ClH/c1-4-5-6-7-8-9-10-11-12-13-14-15-16-17-21-24-22(2)19-18-20-23(24)3;/h22-23H,4-21H2,1-3H3;1H. The molecule has 1 aliphatic rings. The molecule has 1 saturated heterocycles. The average Bonchev–Trinajstić information content (AvgIpc) is 2.57. The maximum absolute atomic E-state index is 2.77. The second kappa shape index (κ2) is 17.7. The number of hydrogen-bond donors (Lipinski definition) is 0. The smallest absolute Gasteiger partial charge is 0.00697 e. The third kappa shape index (κ3) is 13.1. The average molecular weight is 374 g/mol. The minimum Gasteiger partial charge on any atom is -0.298 e. The lowest BCUT2D eigenvalue weighted by molar-refractivity contribution is 0.101. The quantitative estimate of drug-likeness (QED) is 0.262. The summed E-state index contributed by atoms with van der Waals surface area (Å²) in [6.45, 7) is 8.51. The van der Waals surface area contributed by atoms with E-state index in [0.717, 1.165) is 12.1 Å². The summed E-state index contributed by atoms with van der Waals surface area (Å²) in [7, 11) is 0. The van der Waals surface area contributed by atoms with E-state index in [1.165, 1.54) is 116 Å². The van der Waals surface area contributed by atoms with Gasteiger partial charge in [0.1, 0.15) is 0 Å². The van der Waals surface area contributed by atoms with Gasteiger partial charge in [0.2, 0.25) is 0 Å². The molecule has 0 aromatic carbocycles. The molecule has 2 unspecified atom stereocenters.